The summed E-state index contributed by atoms with van der Waals surface area (Å²) in [4.78, 5) is 11.7. The van der Waals surface area contributed by atoms with Gasteiger partial charge in [0.05, 0.1) is 0 Å². The Morgan fingerprint density at radius 3 is 2.53 bits per heavy atom. The van der Waals surface area contributed by atoms with E-state index in [1.165, 1.54) is 0 Å². The van der Waals surface area contributed by atoms with Crippen molar-refractivity contribution in [3.8, 4) is 0 Å². The molecular formula is C16H14FNO. The first kappa shape index (κ1) is 13.0. The monoisotopic (exact) mass is 255 g/mol. The van der Waals surface area contributed by atoms with Crippen molar-refractivity contribution >= 4 is 17.4 Å². The zero-order valence-corrected chi connectivity index (χ0v) is 10.6. The summed E-state index contributed by atoms with van der Waals surface area (Å²) in [5.74, 6) is -1.03. The Labute approximate surface area is 111 Å². The molecule has 0 bridgehead atoms. The van der Waals surface area contributed by atoms with Gasteiger partial charge in [0.15, 0.2) is 0 Å². The minimum Gasteiger partial charge on any atom is -0.322 e. The van der Waals surface area contributed by atoms with Crippen molar-refractivity contribution in [2.24, 2.45) is 0 Å². The average molecular weight is 255 g/mol. The van der Waals surface area contributed by atoms with Crippen LogP contribution in [0.3, 0.4) is 0 Å². The van der Waals surface area contributed by atoms with Gasteiger partial charge in [0.25, 0.3) is 5.91 Å². The lowest BCUT2D eigenvalue weighted by molar-refractivity contribution is -0.111. The largest absolute Gasteiger partial charge is 0.322 e. The van der Waals surface area contributed by atoms with E-state index in [0.29, 0.717) is 11.3 Å². The van der Waals surface area contributed by atoms with Gasteiger partial charge in [-0.15, -0.1) is 0 Å². The van der Waals surface area contributed by atoms with Gasteiger partial charge in [0.2, 0.25) is 0 Å². The standard InChI is InChI=1S/C16H14FNO/c1-12-6-5-9-14(10-12)18-16(19)11-15(17)13-7-3-2-4-8-13/h2-11H,1H3,(H,18,19)/b15-11+. The Bertz CT molecular complexity index is 605. The number of aryl methyl sites for hydroxylation is 1. The maximum atomic E-state index is 13.8. The second-order valence-corrected chi connectivity index (χ2v) is 4.22. The van der Waals surface area contributed by atoms with Crippen LogP contribution in [-0.4, -0.2) is 5.91 Å². The fourth-order valence-corrected chi connectivity index (χ4v) is 1.70. The van der Waals surface area contributed by atoms with Crippen molar-refractivity contribution in [3.63, 3.8) is 0 Å². The Balaban J connectivity index is 2.09. The number of hydrogen-bond donors (Lipinski definition) is 1. The van der Waals surface area contributed by atoms with E-state index in [1.54, 1.807) is 36.4 Å². The van der Waals surface area contributed by atoms with Crippen LogP contribution in [0.15, 0.2) is 60.7 Å². The van der Waals surface area contributed by atoms with E-state index in [-0.39, 0.29) is 0 Å². The number of rotatable bonds is 3. The number of amides is 1. The molecule has 0 radical (unpaired) electrons. The van der Waals surface area contributed by atoms with Gasteiger partial charge in [-0.1, -0.05) is 42.5 Å². The molecule has 0 spiro atoms. The molecular weight excluding hydrogens is 241 g/mol. The number of anilines is 1. The molecule has 1 amide bonds. The quantitative estimate of drug-likeness (QED) is 0.827. The first-order chi connectivity index (χ1) is 9.15. The summed E-state index contributed by atoms with van der Waals surface area (Å²) in [6.07, 6.45) is 0.956. The molecule has 0 aliphatic rings. The van der Waals surface area contributed by atoms with Gasteiger partial charge >= 0.3 is 0 Å². The van der Waals surface area contributed by atoms with Gasteiger partial charge in [-0.05, 0) is 24.6 Å². The highest BCUT2D eigenvalue weighted by atomic mass is 19.1. The summed E-state index contributed by atoms with van der Waals surface area (Å²) in [5.41, 5.74) is 2.08. The first-order valence-corrected chi connectivity index (χ1v) is 5.95. The molecule has 1 N–H and O–H groups in total. The first-order valence-electron chi connectivity index (χ1n) is 5.95. The summed E-state index contributed by atoms with van der Waals surface area (Å²) in [6, 6.07) is 15.8. The number of hydrogen-bond acceptors (Lipinski definition) is 1. The molecule has 96 valence electrons. The molecule has 2 nitrogen and oxygen atoms in total. The molecule has 0 aliphatic heterocycles. The minimum absolute atomic E-state index is 0.391. The van der Waals surface area contributed by atoms with E-state index in [2.05, 4.69) is 5.32 Å². The van der Waals surface area contributed by atoms with Crippen molar-refractivity contribution in [2.45, 2.75) is 6.92 Å². The van der Waals surface area contributed by atoms with Gasteiger partial charge in [0, 0.05) is 17.3 Å². The van der Waals surface area contributed by atoms with Crippen LogP contribution in [0.1, 0.15) is 11.1 Å². The molecule has 0 unspecified atom stereocenters. The second-order valence-electron chi connectivity index (χ2n) is 4.22. The second kappa shape index (κ2) is 5.96. The lowest BCUT2D eigenvalue weighted by Crippen LogP contribution is -2.08. The smallest absolute Gasteiger partial charge is 0.251 e. The maximum absolute atomic E-state index is 13.8. The molecule has 0 aromatic heterocycles. The molecule has 0 fully saturated rings. The van der Waals surface area contributed by atoms with E-state index < -0.39 is 11.7 Å². The van der Waals surface area contributed by atoms with E-state index >= 15 is 0 Å². The van der Waals surface area contributed by atoms with Gasteiger partial charge < -0.3 is 5.32 Å². The minimum atomic E-state index is -0.550. The molecule has 0 saturated heterocycles. The Kier molecular flexibility index (Phi) is 4.08. The van der Waals surface area contributed by atoms with Crippen molar-refractivity contribution in [2.75, 3.05) is 5.32 Å². The molecule has 2 aromatic rings. The molecule has 3 heteroatoms. The van der Waals surface area contributed by atoms with E-state index in [0.717, 1.165) is 11.6 Å². The Hall–Kier alpha value is -2.42. The third kappa shape index (κ3) is 3.78. The highest BCUT2D eigenvalue weighted by molar-refractivity contribution is 6.03. The van der Waals surface area contributed by atoms with Crippen LogP contribution in [0.4, 0.5) is 10.1 Å². The van der Waals surface area contributed by atoms with Crippen molar-refractivity contribution in [3.05, 3.63) is 71.8 Å². The van der Waals surface area contributed by atoms with Crippen LogP contribution in [0, 0.1) is 6.92 Å². The molecule has 2 aromatic carbocycles. The van der Waals surface area contributed by atoms with Gasteiger partial charge in [-0.3, -0.25) is 4.79 Å². The average Bonchev–Trinajstić information content (AvgIpc) is 2.39. The van der Waals surface area contributed by atoms with Crippen LogP contribution < -0.4 is 5.32 Å². The van der Waals surface area contributed by atoms with Crippen molar-refractivity contribution < 1.29 is 9.18 Å². The Morgan fingerprint density at radius 2 is 1.84 bits per heavy atom. The van der Waals surface area contributed by atoms with E-state index in [4.69, 9.17) is 0 Å². The van der Waals surface area contributed by atoms with Gasteiger partial charge in [-0.2, -0.15) is 0 Å². The number of benzene rings is 2. The topological polar surface area (TPSA) is 29.1 Å². The SMILES string of the molecule is Cc1cccc(NC(=O)/C=C(/F)c2ccccc2)c1. The fraction of sp³-hybridized carbons (Fsp3) is 0.0625. The highest BCUT2D eigenvalue weighted by Gasteiger charge is 2.04. The van der Waals surface area contributed by atoms with E-state index in [1.807, 2.05) is 25.1 Å². The summed E-state index contributed by atoms with van der Waals surface area (Å²) in [6.45, 7) is 1.93. The normalized spacial score (nSPS) is 11.2. The van der Waals surface area contributed by atoms with Crippen LogP contribution >= 0.6 is 0 Å². The number of nitrogens with one attached hydrogen (secondary N) is 1. The highest BCUT2D eigenvalue weighted by Crippen LogP contribution is 2.16. The lowest BCUT2D eigenvalue weighted by Gasteiger charge is -2.03. The van der Waals surface area contributed by atoms with Crippen LogP contribution in [0.25, 0.3) is 5.83 Å². The van der Waals surface area contributed by atoms with Crippen LogP contribution in [0.5, 0.6) is 0 Å². The summed E-state index contributed by atoms with van der Waals surface area (Å²) in [7, 11) is 0. The maximum Gasteiger partial charge on any atom is 0.251 e. The zero-order chi connectivity index (χ0) is 13.7. The number of carbonyl (C=O) groups is 1. The molecule has 19 heavy (non-hydrogen) atoms. The summed E-state index contributed by atoms with van der Waals surface area (Å²) < 4.78 is 13.8. The third-order valence-electron chi connectivity index (χ3n) is 2.59. The number of carbonyl (C=O) groups excluding carboxylic acids is 1. The van der Waals surface area contributed by atoms with Crippen molar-refractivity contribution in [1.29, 1.82) is 0 Å². The Morgan fingerprint density at radius 1 is 1.11 bits per heavy atom. The lowest BCUT2D eigenvalue weighted by atomic mass is 10.2. The third-order valence-corrected chi connectivity index (χ3v) is 2.59. The number of halogens is 1. The van der Waals surface area contributed by atoms with Gasteiger partial charge in [0.1, 0.15) is 5.83 Å². The van der Waals surface area contributed by atoms with Crippen molar-refractivity contribution in [1.82, 2.24) is 0 Å². The van der Waals surface area contributed by atoms with Gasteiger partial charge in [-0.25, -0.2) is 4.39 Å². The summed E-state index contributed by atoms with van der Waals surface area (Å²) in [5, 5.41) is 2.63. The molecule has 0 saturated carbocycles. The van der Waals surface area contributed by atoms with E-state index in [9.17, 15) is 9.18 Å². The summed E-state index contributed by atoms with van der Waals surface area (Å²) >= 11 is 0. The zero-order valence-electron chi connectivity index (χ0n) is 10.6. The molecule has 2 rings (SSSR count). The molecule has 0 heterocycles. The fourth-order valence-electron chi connectivity index (χ4n) is 1.70. The van der Waals surface area contributed by atoms with Crippen LogP contribution in [-0.2, 0) is 4.79 Å². The predicted molar refractivity (Wildman–Crippen MR) is 75.3 cm³/mol. The van der Waals surface area contributed by atoms with Crippen LogP contribution in [0.2, 0.25) is 0 Å². The predicted octanol–water partition coefficient (Wildman–Crippen LogP) is 3.94. The molecule has 0 atom stereocenters. The molecule has 0 aliphatic carbocycles.